The van der Waals surface area contributed by atoms with Crippen LogP contribution in [0.3, 0.4) is 0 Å². The summed E-state index contributed by atoms with van der Waals surface area (Å²) in [5.74, 6) is 1.38. The van der Waals surface area contributed by atoms with Crippen molar-refractivity contribution >= 4 is 28.8 Å². The Morgan fingerprint density at radius 1 is 1.31 bits per heavy atom. The fourth-order valence-corrected chi connectivity index (χ4v) is 3.19. The summed E-state index contributed by atoms with van der Waals surface area (Å²) >= 11 is 0. The predicted molar refractivity (Wildman–Crippen MR) is 145 cm³/mol. The first kappa shape index (κ1) is 27.8. The Bertz CT molecular complexity index is 1290. The molecule has 0 atom stereocenters. The first-order valence-corrected chi connectivity index (χ1v) is 11.7. The van der Waals surface area contributed by atoms with Gasteiger partial charge in [-0.1, -0.05) is 44.6 Å². The minimum Gasteiger partial charge on any atom is -0.443 e. The van der Waals surface area contributed by atoms with E-state index in [0.717, 1.165) is 28.7 Å². The molecule has 0 saturated heterocycles. The van der Waals surface area contributed by atoms with Gasteiger partial charge in [0.25, 0.3) is 0 Å². The molecule has 2 amide bonds. The maximum absolute atomic E-state index is 12.2. The van der Waals surface area contributed by atoms with Gasteiger partial charge in [-0.3, -0.25) is 10.3 Å². The Hall–Kier alpha value is -4.47. The maximum atomic E-state index is 12.2. The molecule has 0 radical (unpaired) electrons. The molecule has 0 unspecified atom stereocenters. The molecule has 0 bridgehead atoms. The fourth-order valence-electron chi connectivity index (χ4n) is 3.19. The van der Waals surface area contributed by atoms with Crippen LogP contribution in [-0.4, -0.2) is 38.5 Å². The molecule has 10 heteroatoms. The first-order chi connectivity index (χ1) is 17.4. The van der Waals surface area contributed by atoms with Crippen molar-refractivity contribution in [3.63, 3.8) is 0 Å². The highest BCUT2D eigenvalue weighted by Gasteiger charge is 2.20. The van der Waals surface area contributed by atoms with Crippen LogP contribution in [0, 0.1) is 0 Å². The van der Waals surface area contributed by atoms with Crippen molar-refractivity contribution in [1.29, 1.82) is 0 Å². The van der Waals surface area contributed by atoms with Crippen LogP contribution in [-0.2, 0) is 0 Å². The highest BCUT2D eigenvalue weighted by atomic mass is 16.3. The zero-order valence-corrected chi connectivity index (χ0v) is 21.6. The van der Waals surface area contributed by atoms with Crippen LogP contribution in [0.4, 0.5) is 10.6 Å². The first-order valence-electron chi connectivity index (χ1n) is 11.7. The number of rotatable bonds is 7. The number of nitrogens with zero attached hydrogens (tertiary/aromatic N) is 5. The molecular formula is C26H34N8O2. The fraction of sp³-hybridized carbons (Fsp3) is 0.269. The smallest absolute Gasteiger partial charge is 0.324 e. The van der Waals surface area contributed by atoms with Crippen LogP contribution in [0.25, 0.3) is 22.4 Å². The van der Waals surface area contributed by atoms with Crippen molar-refractivity contribution in [2.45, 2.75) is 41.0 Å². The number of carbonyl (C=O) groups excluding carboxylic acids is 1. The average Bonchev–Trinajstić information content (AvgIpc) is 3.53. The van der Waals surface area contributed by atoms with E-state index in [-0.39, 0.29) is 0 Å². The van der Waals surface area contributed by atoms with E-state index in [0.29, 0.717) is 22.9 Å². The van der Waals surface area contributed by atoms with Crippen molar-refractivity contribution in [2.75, 3.05) is 12.8 Å². The summed E-state index contributed by atoms with van der Waals surface area (Å²) in [7, 11) is 1.61. The lowest BCUT2D eigenvalue weighted by atomic mass is 10.00. The topological polar surface area (TPSA) is 136 Å². The predicted octanol–water partition coefficient (Wildman–Crippen LogP) is 5.15. The van der Waals surface area contributed by atoms with Gasteiger partial charge in [-0.15, -0.1) is 0 Å². The minimum atomic E-state index is -0.400. The SMILES string of the molecule is CC.CC\C=C/C(=C\C=C\NC(=O)NC(C=C(C)C)=NC)c1c(-c2cnco2)cn2ncnc(N)c12. The van der Waals surface area contributed by atoms with E-state index in [1.54, 1.807) is 29.9 Å². The largest absolute Gasteiger partial charge is 0.443 e. The molecule has 10 nitrogen and oxygen atoms in total. The maximum Gasteiger partial charge on any atom is 0.324 e. The van der Waals surface area contributed by atoms with E-state index in [1.165, 1.54) is 18.9 Å². The second-order valence-electron chi connectivity index (χ2n) is 7.44. The van der Waals surface area contributed by atoms with E-state index in [4.69, 9.17) is 10.2 Å². The van der Waals surface area contributed by atoms with Gasteiger partial charge in [0, 0.05) is 30.6 Å². The zero-order valence-electron chi connectivity index (χ0n) is 21.6. The van der Waals surface area contributed by atoms with E-state index >= 15 is 0 Å². The number of amides is 2. The number of aliphatic imine (C=N–C) groups is 1. The Kier molecular flexibility index (Phi) is 10.8. The third-order valence-corrected chi connectivity index (χ3v) is 4.62. The van der Waals surface area contributed by atoms with Gasteiger partial charge < -0.3 is 15.5 Å². The highest BCUT2D eigenvalue weighted by molar-refractivity contribution is 6.04. The third kappa shape index (κ3) is 7.26. The summed E-state index contributed by atoms with van der Waals surface area (Å²) in [4.78, 5) is 24.4. The quantitative estimate of drug-likeness (QED) is 0.238. The summed E-state index contributed by atoms with van der Waals surface area (Å²) in [6, 6.07) is -0.400. The summed E-state index contributed by atoms with van der Waals surface area (Å²) in [6.45, 7) is 9.90. The van der Waals surface area contributed by atoms with Gasteiger partial charge in [-0.05, 0) is 38.0 Å². The molecule has 0 saturated carbocycles. The van der Waals surface area contributed by atoms with Crippen molar-refractivity contribution < 1.29 is 9.21 Å². The summed E-state index contributed by atoms with van der Waals surface area (Å²) < 4.78 is 7.21. The molecule has 190 valence electrons. The Morgan fingerprint density at radius 3 is 2.72 bits per heavy atom. The van der Waals surface area contributed by atoms with Crippen LogP contribution in [0.5, 0.6) is 0 Å². The summed E-state index contributed by atoms with van der Waals surface area (Å²) in [5.41, 5.74) is 10.3. The number of fused-ring (bicyclic) bond motifs is 1. The average molecular weight is 491 g/mol. The molecule has 0 aromatic carbocycles. The lowest BCUT2D eigenvalue weighted by Gasteiger charge is -2.06. The monoisotopic (exact) mass is 490 g/mol. The number of anilines is 1. The third-order valence-electron chi connectivity index (χ3n) is 4.62. The van der Waals surface area contributed by atoms with Crippen LogP contribution < -0.4 is 16.4 Å². The van der Waals surface area contributed by atoms with Crippen LogP contribution in [0.15, 0.2) is 76.7 Å². The molecule has 0 aliphatic heterocycles. The minimum absolute atomic E-state index is 0.332. The number of hydrogen-bond acceptors (Lipinski definition) is 7. The number of nitrogens with one attached hydrogen (secondary N) is 2. The molecule has 0 spiro atoms. The molecular weight excluding hydrogens is 456 g/mol. The zero-order chi connectivity index (χ0) is 26.5. The number of urea groups is 1. The second-order valence-corrected chi connectivity index (χ2v) is 7.44. The van der Waals surface area contributed by atoms with E-state index in [2.05, 4.69) is 30.7 Å². The molecule has 3 heterocycles. The van der Waals surface area contributed by atoms with Crippen molar-refractivity contribution in [2.24, 2.45) is 4.99 Å². The number of allylic oxidation sites excluding steroid dienone is 6. The molecule has 0 fully saturated rings. The number of aromatic nitrogens is 4. The van der Waals surface area contributed by atoms with Crippen molar-refractivity contribution in [1.82, 2.24) is 30.2 Å². The molecule has 36 heavy (non-hydrogen) atoms. The number of amidine groups is 1. The Balaban J connectivity index is 0.00000222. The summed E-state index contributed by atoms with van der Waals surface area (Å²) in [5, 5.41) is 9.65. The highest BCUT2D eigenvalue weighted by Crippen LogP contribution is 2.36. The van der Waals surface area contributed by atoms with Gasteiger partial charge in [0.2, 0.25) is 0 Å². The number of hydrogen-bond donors (Lipinski definition) is 3. The summed E-state index contributed by atoms with van der Waals surface area (Å²) in [6.07, 6.45) is 18.0. The van der Waals surface area contributed by atoms with Gasteiger partial charge in [-0.2, -0.15) is 5.10 Å². The van der Waals surface area contributed by atoms with E-state index in [9.17, 15) is 4.79 Å². The van der Waals surface area contributed by atoms with Gasteiger partial charge in [0.05, 0.1) is 6.20 Å². The normalized spacial score (nSPS) is 12.1. The van der Waals surface area contributed by atoms with Crippen LogP contribution in [0.1, 0.15) is 46.6 Å². The van der Waals surface area contributed by atoms with E-state index in [1.807, 2.05) is 59.0 Å². The second kappa shape index (κ2) is 14.1. The number of nitrogen functional groups attached to an aromatic ring is 1. The number of oxazole rings is 1. The van der Waals surface area contributed by atoms with Gasteiger partial charge in [0.1, 0.15) is 17.7 Å². The van der Waals surface area contributed by atoms with Gasteiger partial charge in [0.15, 0.2) is 18.0 Å². The van der Waals surface area contributed by atoms with Crippen LogP contribution >= 0.6 is 0 Å². The molecule has 3 aromatic heterocycles. The van der Waals surface area contributed by atoms with Crippen LogP contribution in [0.2, 0.25) is 0 Å². The van der Waals surface area contributed by atoms with E-state index < -0.39 is 6.03 Å². The van der Waals surface area contributed by atoms with Gasteiger partial charge >= 0.3 is 6.03 Å². The molecule has 3 aromatic rings. The lowest BCUT2D eigenvalue weighted by Crippen LogP contribution is -2.36. The lowest BCUT2D eigenvalue weighted by molar-refractivity contribution is 0.248. The molecule has 3 rings (SSSR count). The Labute approximate surface area is 211 Å². The Morgan fingerprint density at radius 2 is 2.08 bits per heavy atom. The molecule has 0 aliphatic rings. The standard InChI is InChI=1S/C24H28N8O2.C2H6/c1-5-6-8-17(9-7-10-28-24(33)31-20(26-4)11-16(2)3)21-18(19-12-27-15-34-19)13-32-22(21)23(25)29-14-30-32;1-2/h6-15H,5H2,1-4H3,(H2,25,29,30)(H2,26,28,31,33);1-2H3/b8-6-,10-7+,17-9+;. The molecule has 4 N–H and O–H groups in total. The molecule has 0 aliphatic carbocycles. The van der Waals surface area contributed by atoms with Crippen molar-refractivity contribution in [3.8, 4) is 11.3 Å². The number of nitrogens with two attached hydrogens (primary N) is 1. The van der Waals surface area contributed by atoms with Crippen molar-refractivity contribution in [3.05, 3.63) is 72.8 Å². The number of carbonyl (C=O) groups is 1. The van der Waals surface area contributed by atoms with Gasteiger partial charge in [-0.25, -0.2) is 19.3 Å².